The van der Waals surface area contributed by atoms with Crippen molar-refractivity contribution in [3.8, 4) is 0 Å². The van der Waals surface area contributed by atoms with Crippen LogP contribution in [0.4, 0.5) is 9.59 Å². The van der Waals surface area contributed by atoms with E-state index in [0.29, 0.717) is 25.7 Å². The second-order valence-electron chi connectivity index (χ2n) is 9.94. The molecular formula is C23H32I2O8. The van der Waals surface area contributed by atoms with Gasteiger partial charge in [0.15, 0.2) is 0 Å². The Hall–Kier alpha value is -0.630. The van der Waals surface area contributed by atoms with Gasteiger partial charge in [-0.05, 0) is 43.1 Å². The summed E-state index contributed by atoms with van der Waals surface area (Å²) >= 11 is 4.24. The van der Waals surface area contributed by atoms with Crippen molar-refractivity contribution in [1.82, 2.24) is 0 Å². The summed E-state index contributed by atoms with van der Waals surface area (Å²) in [4.78, 5) is 36.4. The normalized spacial score (nSPS) is 41.2. The van der Waals surface area contributed by atoms with Gasteiger partial charge in [0.25, 0.3) is 0 Å². The van der Waals surface area contributed by atoms with Crippen molar-refractivity contribution in [2.75, 3.05) is 14.2 Å². The average molecular weight is 690 g/mol. The Morgan fingerprint density at radius 1 is 1.06 bits per heavy atom. The smallest absolute Gasteiger partial charge is 0.438 e. The topological polar surface area (TPSA) is 108 Å². The number of ketones is 1. The summed E-state index contributed by atoms with van der Waals surface area (Å²) in [5, 5.41) is 11.3. The Labute approximate surface area is 217 Å². The summed E-state index contributed by atoms with van der Waals surface area (Å²) < 4.78 is 20.5. The molecule has 4 rings (SSSR count). The predicted molar refractivity (Wildman–Crippen MR) is 136 cm³/mol. The van der Waals surface area contributed by atoms with Crippen molar-refractivity contribution in [3.05, 3.63) is 11.6 Å². The van der Waals surface area contributed by atoms with Crippen molar-refractivity contribution in [3.63, 3.8) is 0 Å². The third-order valence-electron chi connectivity index (χ3n) is 8.54. The lowest BCUT2D eigenvalue weighted by Crippen LogP contribution is -2.60. The van der Waals surface area contributed by atoms with Crippen LogP contribution >= 0.6 is 37.2 Å². The molecule has 0 spiro atoms. The molecule has 3 fully saturated rings. The quantitative estimate of drug-likeness (QED) is 0.240. The molecule has 0 saturated heterocycles. The first-order valence-electron chi connectivity index (χ1n) is 11.2. The molecule has 186 valence electrons. The summed E-state index contributed by atoms with van der Waals surface area (Å²) in [5.41, 5.74) is 0.0728. The lowest BCUT2D eigenvalue weighted by Gasteiger charge is -2.59. The van der Waals surface area contributed by atoms with Gasteiger partial charge in [0.1, 0.15) is 18.0 Å². The minimum absolute atomic E-state index is 0.0294. The lowest BCUT2D eigenvalue weighted by atomic mass is 9.46. The van der Waals surface area contributed by atoms with E-state index in [0.717, 1.165) is 18.4 Å². The summed E-state index contributed by atoms with van der Waals surface area (Å²) in [7, 11) is 2.54. The Balaban J connectivity index is 0.00000149. The van der Waals surface area contributed by atoms with Gasteiger partial charge in [0.05, 0.1) is 20.3 Å². The van der Waals surface area contributed by atoms with Gasteiger partial charge >= 0.3 is 12.3 Å². The van der Waals surface area contributed by atoms with Crippen LogP contribution in [0.5, 0.6) is 0 Å². The van der Waals surface area contributed by atoms with Gasteiger partial charge < -0.3 is 24.1 Å². The van der Waals surface area contributed by atoms with E-state index < -0.39 is 29.9 Å². The zero-order valence-electron chi connectivity index (χ0n) is 19.3. The van der Waals surface area contributed by atoms with Crippen LogP contribution in [0.1, 0.15) is 52.4 Å². The number of carbonyl (C=O) groups excluding carboxylic acids is 3. The van der Waals surface area contributed by atoms with Crippen LogP contribution in [0.2, 0.25) is 0 Å². The number of ether oxygens (including phenoxy) is 4. The lowest BCUT2D eigenvalue weighted by molar-refractivity contribution is -0.159. The number of rotatable bonds is 2. The number of carbonyl (C=O) groups is 3. The van der Waals surface area contributed by atoms with Crippen LogP contribution < -0.4 is 0 Å². The first kappa shape index (κ1) is 27.0. The second-order valence-corrected chi connectivity index (χ2v) is 9.94. The molecule has 0 aromatic rings. The monoisotopic (exact) mass is 690 g/mol. The standard InChI is InChI=1S/C23H32O8.I2/c1-22-8-7-13(30-20(26)28-3)9-12(22)10-16(31-21(27)29-4)18-14-5-6-17(25)23(14,2)11-15(24)19(18)22;1-2/h10,13-16,18-19,24H,5-9,11H2,1-4H3;/t13-,14?,15+,16-,18?,19?,22-,23-;/m0./s1. The fraction of sp³-hybridized carbons (Fsp3) is 0.783. The molecule has 8 atom stereocenters. The summed E-state index contributed by atoms with van der Waals surface area (Å²) in [6, 6.07) is 0. The third-order valence-corrected chi connectivity index (χ3v) is 8.54. The second kappa shape index (κ2) is 10.5. The van der Waals surface area contributed by atoms with E-state index in [2.05, 4.69) is 48.9 Å². The molecule has 3 unspecified atom stereocenters. The Kier molecular flexibility index (Phi) is 8.62. The first-order chi connectivity index (χ1) is 15.6. The zero-order chi connectivity index (χ0) is 24.6. The zero-order valence-corrected chi connectivity index (χ0v) is 23.7. The largest absolute Gasteiger partial charge is 0.508 e. The van der Waals surface area contributed by atoms with Gasteiger partial charge in [0.2, 0.25) is 0 Å². The summed E-state index contributed by atoms with van der Waals surface area (Å²) in [6.45, 7) is 4.09. The Morgan fingerprint density at radius 2 is 1.70 bits per heavy atom. The highest BCUT2D eigenvalue weighted by Crippen LogP contribution is 2.64. The molecule has 10 heteroatoms. The highest BCUT2D eigenvalue weighted by molar-refractivity contribution is 15.0. The molecule has 33 heavy (non-hydrogen) atoms. The van der Waals surface area contributed by atoms with E-state index in [4.69, 9.17) is 14.2 Å². The number of fused-ring (bicyclic) bond motifs is 5. The first-order valence-corrected chi connectivity index (χ1v) is 17.5. The number of hydrogen-bond acceptors (Lipinski definition) is 8. The molecule has 4 aliphatic rings. The van der Waals surface area contributed by atoms with Crippen LogP contribution in [0, 0.1) is 28.6 Å². The fourth-order valence-corrected chi connectivity index (χ4v) is 7.04. The Morgan fingerprint density at radius 3 is 2.33 bits per heavy atom. The number of hydrogen-bond donors (Lipinski definition) is 1. The van der Waals surface area contributed by atoms with Crippen LogP contribution in [-0.4, -0.2) is 55.7 Å². The molecule has 0 amide bonds. The maximum absolute atomic E-state index is 12.8. The number of halogens is 2. The highest BCUT2D eigenvalue weighted by Gasteiger charge is 2.64. The van der Waals surface area contributed by atoms with Crippen LogP contribution in [0.25, 0.3) is 0 Å². The van der Waals surface area contributed by atoms with Crippen LogP contribution in [0.3, 0.4) is 0 Å². The minimum Gasteiger partial charge on any atom is -0.438 e. The van der Waals surface area contributed by atoms with Gasteiger partial charge in [-0.2, -0.15) is 0 Å². The summed E-state index contributed by atoms with van der Waals surface area (Å²) in [6.07, 6.45) is 2.33. The van der Waals surface area contributed by atoms with Crippen molar-refractivity contribution in [2.24, 2.45) is 28.6 Å². The Bertz CT molecular complexity index is 816. The molecule has 3 saturated carbocycles. The van der Waals surface area contributed by atoms with E-state index in [1.807, 2.05) is 13.0 Å². The van der Waals surface area contributed by atoms with Crippen molar-refractivity contribution in [2.45, 2.75) is 70.7 Å². The van der Waals surface area contributed by atoms with Crippen molar-refractivity contribution < 1.29 is 38.4 Å². The summed E-state index contributed by atoms with van der Waals surface area (Å²) in [5.74, 6) is -0.125. The number of aliphatic hydroxyl groups is 1. The molecule has 0 radical (unpaired) electrons. The molecule has 1 N–H and O–H groups in total. The van der Waals surface area contributed by atoms with Crippen LogP contribution in [0.15, 0.2) is 11.6 Å². The number of Topliss-reactive ketones (excluding diaryl/α,β-unsaturated/α-hetero) is 1. The molecule has 8 nitrogen and oxygen atoms in total. The van der Waals surface area contributed by atoms with Gasteiger partial charge in [-0.3, -0.25) is 4.79 Å². The van der Waals surface area contributed by atoms with Gasteiger partial charge in [-0.15, -0.1) is 0 Å². The van der Waals surface area contributed by atoms with E-state index in [9.17, 15) is 19.5 Å². The molecule has 0 aromatic heterocycles. The van der Waals surface area contributed by atoms with E-state index in [-0.39, 0.29) is 35.1 Å². The van der Waals surface area contributed by atoms with Crippen LogP contribution in [-0.2, 0) is 23.7 Å². The van der Waals surface area contributed by atoms with E-state index >= 15 is 0 Å². The predicted octanol–water partition coefficient (Wildman–Crippen LogP) is 5.17. The van der Waals surface area contributed by atoms with Crippen molar-refractivity contribution in [1.29, 1.82) is 0 Å². The van der Waals surface area contributed by atoms with Gasteiger partial charge in [-0.1, -0.05) is 19.4 Å². The minimum atomic E-state index is -0.784. The fourth-order valence-electron chi connectivity index (χ4n) is 7.04. The molecule has 0 bridgehead atoms. The van der Waals surface area contributed by atoms with Gasteiger partial charge in [0, 0.05) is 67.3 Å². The third kappa shape index (κ3) is 4.76. The maximum Gasteiger partial charge on any atom is 0.508 e. The number of aliphatic hydroxyl groups excluding tert-OH is 1. The molecular weight excluding hydrogens is 658 g/mol. The SMILES string of the molecule is COC(=O)O[C@H]1CC[C@@]2(C)C(=C[C@H](OC(=O)OC)C3C2[C@H](O)C[C@]2(C)C(=O)CCC32)C1.II. The van der Waals surface area contributed by atoms with Gasteiger partial charge in [-0.25, -0.2) is 9.59 Å². The molecule has 0 heterocycles. The molecule has 0 aliphatic heterocycles. The molecule has 4 aliphatic carbocycles. The molecule has 0 aromatic carbocycles. The van der Waals surface area contributed by atoms with E-state index in [1.165, 1.54) is 14.2 Å². The average Bonchev–Trinajstić information content (AvgIpc) is 3.09. The van der Waals surface area contributed by atoms with Crippen molar-refractivity contribution >= 4 is 55.3 Å². The maximum atomic E-state index is 12.8. The number of methoxy groups -OCH3 is 2. The highest BCUT2D eigenvalue weighted by atomic mass is 128. The van der Waals surface area contributed by atoms with E-state index in [1.54, 1.807) is 0 Å².